The molecule has 0 spiro atoms. The molecule has 2 rings (SSSR count). The summed E-state index contributed by atoms with van der Waals surface area (Å²) in [5.74, 6) is 2.26. The molecule has 220 valence electrons. The molecule has 0 radical (unpaired) electrons. The summed E-state index contributed by atoms with van der Waals surface area (Å²) in [6.45, 7) is 19.6. The molecule has 5 nitrogen and oxygen atoms in total. The molecule has 0 heterocycles. The van der Waals surface area contributed by atoms with Crippen molar-refractivity contribution < 1.29 is 24.8 Å². The van der Waals surface area contributed by atoms with Crippen LogP contribution < -0.4 is 0 Å². The third-order valence-corrected chi connectivity index (χ3v) is 10.7. The van der Waals surface area contributed by atoms with Gasteiger partial charge in [-0.25, -0.2) is 0 Å². The molecule has 37 heavy (non-hydrogen) atoms. The molecule has 0 amide bonds. The first-order valence-electron chi connectivity index (χ1n) is 15.8. The molecule has 2 aliphatic rings. The molecule has 0 aromatic carbocycles. The van der Waals surface area contributed by atoms with Crippen LogP contribution in [0.1, 0.15) is 107 Å². The minimum atomic E-state index is -0.975. The molecule has 0 aliphatic heterocycles. The lowest BCUT2D eigenvalue weighted by molar-refractivity contribution is -0.188. The van der Waals surface area contributed by atoms with Crippen molar-refractivity contribution in [2.75, 3.05) is 26.4 Å². The molecule has 0 bridgehead atoms. The molecule has 0 aromatic heterocycles. The van der Waals surface area contributed by atoms with Crippen LogP contribution in [0.15, 0.2) is 0 Å². The molecule has 0 aromatic rings. The van der Waals surface area contributed by atoms with Crippen LogP contribution in [0.25, 0.3) is 0 Å². The lowest BCUT2D eigenvalue weighted by Crippen LogP contribution is -2.58. The molecule has 3 N–H and O–H groups in total. The molecule has 2 fully saturated rings. The van der Waals surface area contributed by atoms with Gasteiger partial charge in [-0.1, -0.05) is 67.2 Å². The van der Waals surface area contributed by atoms with E-state index in [2.05, 4.69) is 41.5 Å². The summed E-state index contributed by atoms with van der Waals surface area (Å²) < 4.78 is 11.8. The summed E-state index contributed by atoms with van der Waals surface area (Å²) >= 11 is 0. The van der Waals surface area contributed by atoms with Gasteiger partial charge >= 0.3 is 0 Å². The van der Waals surface area contributed by atoms with Crippen molar-refractivity contribution in [2.24, 2.45) is 53.3 Å². The van der Waals surface area contributed by atoms with Crippen LogP contribution in [-0.2, 0) is 9.47 Å². The van der Waals surface area contributed by atoms with E-state index in [1.165, 1.54) is 19.3 Å². The first kappa shape index (κ1) is 33.0. The zero-order chi connectivity index (χ0) is 27.8. The van der Waals surface area contributed by atoms with Gasteiger partial charge in [0.2, 0.25) is 0 Å². The fourth-order valence-corrected chi connectivity index (χ4v) is 8.43. The van der Waals surface area contributed by atoms with Crippen LogP contribution in [0.5, 0.6) is 0 Å². The Hall–Kier alpha value is -0.200. The van der Waals surface area contributed by atoms with Gasteiger partial charge in [-0.2, -0.15) is 0 Å². The molecule has 5 heteroatoms. The van der Waals surface area contributed by atoms with E-state index in [0.29, 0.717) is 49.4 Å². The van der Waals surface area contributed by atoms with Crippen molar-refractivity contribution in [3.63, 3.8) is 0 Å². The number of aliphatic hydroxyl groups excluding tert-OH is 2. The topological polar surface area (TPSA) is 79.2 Å². The van der Waals surface area contributed by atoms with Gasteiger partial charge in [0.15, 0.2) is 0 Å². The smallest absolute Gasteiger partial charge is 0.0942 e. The van der Waals surface area contributed by atoms with Gasteiger partial charge in [0.1, 0.15) is 0 Å². The lowest BCUT2D eigenvalue weighted by atomic mass is 9.57. The monoisotopic (exact) mass is 526 g/mol. The van der Waals surface area contributed by atoms with Crippen LogP contribution in [-0.4, -0.2) is 59.6 Å². The van der Waals surface area contributed by atoms with Crippen LogP contribution >= 0.6 is 0 Å². The second-order valence-corrected chi connectivity index (χ2v) is 12.9. The highest BCUT2D eigenvalue weighted by atomic mass is 16.5. The molecule has 0 saturated heterocycles. The maximum Gasteiger partial charge on any atom is 0.0942 e. The van der Waals surface area contributed by atoms with Gasteiger partial charge in [0.05, 0.1) is 24.4 Å². The minimum absolute atomic E-state index is 0.0244. The van der Waals surface area contributed by atoms with Crippen molar-refractivity contribution in [3.05, 3.63) is 0 Å². The highest BCUT2D eigenvalue weighted by Crippen LogP contribution is 2.50. The maximum atomic E-state index is 12.1. The highest BCUT2D eigenvalue weighted by Gasteiger charge is 2.53. The summed E-state index contributed by atoms with van der Waals surface area (Å²) in [6, 6.07) is 0. The molecule has 12 atom stereocenters. The van der Waals surface area contributed by atoms with Crippen molar-refractivity contribution in [1.29, 1.82) is 0 Å². The van der Waals surface area contributed by atoms with E-state index in [0.717, 1.165) is 38.7 Å². The predicted octanol–water partition coefficient (Wildman–Crippen LogP) is 6.33. The number of ether oxygens (including phenoxy) is 2. The Balaban J connectivity index is 2.25. The first-order valence-corrected chi connectivity index (χ1v) is 15.8. The van der Waals surface area contributed by atoms with Gasteiger partial charge in [-0.05, 0) is 92.8 Å². The van der Waals surface area contributed by atoms with Gasteiger partial charge in [-0.3, -0.25) is 0 Å². The van der Waals surface area contributed by atoms with Crippen molar-refractivity contribution >= 4 is 0 Å². The van der Waals surface area contributed by atoms with Crippen molar-refractivity contribution in [1.82, 2.24) is 0 Å². The zero-order valence-corrected chi connectivity index (χ0v) is 25.5. The summed E-state index contributed by atoms with van der Waals surface area (Å²) in [5, 5.41) is 35.4. The van der Waals surface area contributed by atoms with Crippen molar-refractivity contribution in [2.45, 2.75) is 125 Å². The minimum Gasteiger partial charge on any atom is -0.390 e. The fraction of sp³-hybridized carbons (Fsp3) is 1.00. The molecular weight excluding hydrogens is 464 g/mol. The average molecular weight is 527 g/mol. The first-order chi connectivity index (χ1) is 17.6. The Bertz CT molecular complexity index is 628. The Morgan fingerprint density at radius 2 is 1.35 bits per heavy atom. The van der Waals surface area contributed by atoms with E-state index in [9.17, 15) is 15.3 Å². The Morgan fingerprint density at radius 3 is 1.95 bits per heavy atom. The largest absolute Gasteiger partial charge is 0.390 e. The third kappa shape index (κ3) is 7.72. The van der Waals surface area contributed by atoms with Gasteiger partial charge in [-0.15, -0.1) is 0 Å². The third-order valence-electron chi connectivity index (χ3n) is 10.7. The summed E-state index contributed by atoms with van der Waals surface area (Å²) in [7, 11) is 0. The number of hydrogen-bond donors (Lipinski definition) is 3. The average Bonchev–Trinajstić information content (AvgIpc) is 2.88. The van der Waals surface area contributed by atoms with Gasteiger partial charge < -0.3 is 24.8 Å². The quantitative estimate of drug-likeness (QED) is 0.232. The highest BCUT2D eigenvalue weighted by molar-refractivity contribution is 5.02. The van der Waals surface area contributed by atoms with Crippen molar-refractivity contribution in [3.8, 4) is 0 Å². The van der Waals surface area contributed by atoms with E-state index in [1.54, 1.807) is 0 Å². The van der Waals surface area contributed by atoms with Gasteiger partial charge in [0.25, 0.3) is 0 Å². The number of aliphatic hydroxyl groups is 3. The van der Waals surface area contributed by atoms with E-state index in [-0.39, 0.29) is 23.7 Å². The van der Waals surface area contributed by atoms with Gasteiger partial charge in [0, 0.05) is 19.8 Å². The summed E-state index contributed by atoms with van der Waals surface area (Å²) in [4.78, 5) is 0. The Morgan fingerprint density at radius 1 is 0.757 bits per heavy atom. The standard InChI is InChI=1S/C32H62O5/c1-9-13-25-21(5)15-17-26(27(25)19-36-11-3)23(7)30(33)31(34)24(8)29-18-16-22(6)28(14-10-2)32(29,35)20-37-12-4/h21-31,33-35H,9-20H2,1-8H3/t21-,22-,23?,24?,25?,26+,27?,28?,29+,30?,31?,32-/m1/s1. The van der Waals surface area contributed by atoms with Crippen LogP contribution in [0.2, 0.25) is 0 Å². The molecule has 2 aliphatic carbocycles. The van der Waals surface area contributed by atoms with Crippen LogP contribution in [0, 0.1) is 53.3 Å². The number of hydrogen-bond acceptors (Lipinski definition) is 5. The van der Waals surface area contributed by atoms with Crippen LogP contribution in [0.4, 0.5) is 0 Å². The van der Waals surface area contributed by atoms with E-state index in [1.807, 2.05) is 13.8 Å². The Kier molecular flexibility index (Phi) is 13.9. The molecule has 7 unspecified atom stereocenters. The second-order valence-electron chi connectivity index (χ2n) is 12.9. The fourth-order valence-electron chi connectivity index (χ4n) is 8.43. The number of rotatable bonds is 15. The zero-order valence-electron chi connectivity index (χ0n) is 25.5. The predicted molar refractivity (Wildman–Crippen MR) is 152 cm³/mol. The normalized spacial score (nSPS) is 38.2. The second kappa shape index (κ2) is 15.6. The SMILES string of the molecule is CCCC1C(COCC)[C@H](C(C)C(O)C(O)C(C)[C@@H]2CC[C@@H](C)C(CCC)[C@]2(O)COCC)CC[C@H]1C. The maximum absolute atomic E-state index is 12.1. The Labute approximate surface area is 229 Å². The molecule has 2 saturated carbocycles. The van der Waals surface area contributed by atoms with E-state index < -0.39 is 17.8 Å². The molecular formula is C32H62O5. The van der Waals surface area contributed by atoms with Crippen LogP contribution in [0.3, 0.4) is 0 Å². The summed E-state index contributed by atoms with van der Waals surface area (Å²) in [6.07, 6.45) is 6.80. The van der Waals surface area contributed by atoms with E-state index >= 15 is 0 Å². The summed E-state index contributed by atoms with van der Waals surface area (Å²) in [5.41, 5.74) is -0.975. The van der Waals surface area contributed by atoms with E-state index in [4.69, 9.17) is 9.47 Å². The lowest BCUT2D eigenvalue weighted by Gasteiger charge is -2.52.